The fourth-order valence-electron chi connectivity index (χ4n) is 1.21. The van der Waals surface area contributed by atoms with Crippen LogP contribution in [0.2, 0.25) is 5.02 Å². The van der Waals surface area contributed by atoms with Crippen molar-refractivity contribution in [3.05, 3.63) is 108 Å². The SMILES string of the molecule is Fc1ccccccccccccccccc1Cl. The second-order valence-electron chi connectivity index (χ2n) is 3.72. The third-order valence-corrected chi connectivity index (χ3v) is 2.46. The van der Waals surface area contributed by atoms with Crippen LogP contribution >= 0.6 is 11.6 Å². The van der Waals surface area contributed by atoms with Crippen LogP contribution in [-0.2, 0) is 0 Å². The van der Waals surface area contributed by atoms with Crippen molar-refractivity contribution < 1.29 is 4.39 Å². The maximum Gasteiger partial charge on any atom is 0.141 e. The van der Waals surface area contributed by atoms with Gasteiger partial charge in [-0.3, -0.25) is 0 Å². The summed E-state index contributed by atoms with van der Waals surface area (Å²) in [6, 6.07) is 28.5. The zero-order chi connectivity index (χ0) is 14.5. The summed E-state index contributed by atoms with van der Waals surface area (Å²) in [5, 5.41) is 0.0720. The van der Waals surface area contributed by atoms with E-state index in [1.807, 2.05) is 60.7 Å². The second-order valence-corrected chi connectivity index (χ2v) is 4.13. The zero-order valence-corrected chi connectivity index (χ0v) is 11.7. The number of rotatable bonds is 0. The Morgan fingerprint density at radius 2 is 0.800 bits per heavy atom. The van der Waals surface area contributed by atoms with Gasteiger partial charge in [0, 0.05) is 0 Å². The topological polar surface area (TPSA) is 0 Å². The number of hydrogen-bond acceptors (Lipinski definition) is 0. The molecular formula is C18H16ClF. The Balaban J connectivity index is 3.22. The lowest BCUT2D eigenvalue weighted by atomic mass is 10.4. The minimum Gasteiger partial charge on any atom is -0.205 e. The number of halogens is 2. The van der Waals surface area contributed by atoms with Crippen LogP contribution in [0.4, 0.5) is 4.39 Å². The fourth-order valence-corrected chi connectivity index (χ4v) is 1.34. The smallest absolute Gasteiger partial charge is 0.141 e. The van der Waals surface area contributed by atoms with E-state index in [-0.39, 0.29) is 5.02 Å². The third kappa shape index (κ3) is 8.06. The van der Waals surface area contributed by atoms with Gasteiger partial charge in [-0.1, -0.05) is 96.5 Å². The zero-order valence-electron chi connectivity index (χ0n) is 11.0. The molecule has 0 atom stereocenters. The van der Waals surface area contributed by atoms with Crippen molar-refractivity contribution in [3.8, 4) is 0 Å². The van der Waals surface area contributed by atoms with Crippen LogP contribution in [0.25, 0.3) is 0 Å². The lowest BCUT2D eigenvalue weighted by Gasteiger charge is -1.83. The summed E-state index contributed by atoms with van der Waals surface area (Å²) in [7, 11) is 0. The van der Waals surface area contributed by atoms with Crippen LogP contribution in [0.15, 0.2) is 97.1 Å². The highest BCUT2D eigenvalue weighted by molar-refractivity contribution is 6.30. The summed E-state index contributed by atoms with van der Waals surface area (Å²) in [6.45, 7) is 0. The van der Waals surface area contributed by atoms with E-state index in [9.17, 15) is 4.39 Å². The largest absolute Gasteiger partial charge is 0.205 e. The van der Waals surface area contributed by atoms with Gasteiger partial charge in [0.05, 0.1) is 5.02 Å². The van der Waals surface area contributed by atoms with Crippen LogP contribution < -0.4 is 0 Å². The molecular weight excluding hydrogens is 271 g/mol. The maximum atomic E-state index is 13.5. The van der Waals surface area contributed by atoms with Crippen molar-refractivity contribution in [2.75, 3.05) is 0 Å². The van der Waals surface area contributed by atoms with E-state index in [1.165, 1.54) is 12.1 Å². The van der Waals surface area contributed by atoms with Gasteiger partial charge in [-0.15, -0.1) is 0 Å². The van der Waals surface area contributed by atoms with Crippen LogP contribution in [0.1, 0.15) is 0 Å². The molecule has 102 valence electrons. The Hall–Kier alpha value is -2.12. The molecule has 0 spiro atoms. The Morgan fingerprint density at radius 3 is 1.20 bits per heavy atom. The molecule has 0 aromatic heterocycles. The quantitative estimate of drug-likeness (QED) is 0.561. The predicted octanol–water partition coefficient (Wildman–Crippen LogP) is 5.85. The van der Waals surface area contributed by atoms with E-state index in [0.29, 0.717) is 0 Å². The van der Waals surface area contributed by atoms with Crippen LogP contribution in [0.3, 0.4) is 0 Å². The molecule has 0 nitrogen and oxygen atoms in total. The van der Waals surface area contributed by atoms with Gasteiger partial charge in [-0.05, 0) is 12.1 Å². The number of hydrogen-bond donors (Lipinski definition) is 0. The first kappa shape index (κ1) is 15.9. The third-order valence-electron chi connectivity index (χ3n) is 2.16. The standard InChI is InChI=1S/C18H16ClF/c19-17-15-13-11-9-7-5-3-1-2-4-6-8-10-12-14-16-18(17)20/h1-16H. The highest BCUT2D eigenvalue weighted by Crippen LogP contribution is 2.08. The second kappa shape index (κ2) is 10.8. The van der Waals surface area contributed by atoms with Crippen LogP contribution in [0, 0.1) is 5.82 Å². The van der Waals surface area contributed by atoms with E-state index in [0.717, 1.165) is 0 Å². The van der Waals surface area contributed by atoms with Gasteiger partial charge in [0.1, 0.15) is 5.82 Å². The van der Waals surface area contributed by atoms with Gasteiger partial charge in [0.2, 0.25) is 0 Å². The molecule has 0 aliphatic heterocycles. The molecule has 0 unspecified atom stereocenters. The lowest BCUT2D eigenvalue weighted by molar-refractivity contribution is 0.629. The van der Waals surface area contributed by atoms with Gasteiger partial charge in [0.15, 0.2) is 0 Å². The van der Waals surface area contributed by atoms with Crippen LogP contribution in [-0.4, -0.2) is 0 Å². The molecule has 0 amide bonds. The molecule has 20 heavy (non-hydrogen) atoms. The molecule has 2 heteroatoms. The minimum atomic E-state index is -0.468. The van der Waals surface area contributed by atoms with Gasteiger partial charge < -0.3 is 0 Å². The highest BCUT2D eigenvalue weighted by Gasteiger charge is 1.88. The monoisotopic (exact) mass is 286 g/mol. The summed E-state index contributed by atoms with van der Waals surface area (Å²) in [6.07, 6.45) is 0. The minimum absolute atomic E-state index is 0.0720. The normalized spacial score (nSPS) is 8.50. The van der Waals surface area contributed by atoms with E-state index in [2.05, 4.69) is 0 Å². The molecule has 0 bridgehead atoms. The van der Waals surface area contributed by atoms with Gasteiger partial charge in [0.25, 0.3) is 0 Å². The Kier molecular flexibility index (Phi) is 8.58. The summed E-state index contributed by atoms with van der Waals surface area (Å²) in [5.74, 6) is -0.468. The molecule has 1 aromatic carbocycles. The van der Waals surface area contributed by atoms with Crippen molar-refractivity contribution in [3.63, 3.8) is 0 Å². The molecule has 0 radical (unpaired) electrons. The highest BCUT2D eigenvalue weighted by atomic mass is 35.5. The van der Waals surface area contributed by atoms with E-state index in [4.69, 9.17) is 11.6 Å². The first-order valence-corrected chi connectivity index (χ1v) is 6.58. The molecule has 0 N–H and O–H groups in total. The molecule has 1 aromatic rings. The first-order valence-electron chi connectivity index (χ1n) is 6.21. The average molecular weight is 287 g/mol. The Morgan fingerprint density at radius 1 is 0.500 bits per heavy atom. The summed E-state index contributed by atoms with van der Waals surface area (Å²) in [5.41, 5.74) is 0. The van der Waals surface area contributed by atoms with Crippen molar-refractivity contribution in [1.82, 2.24) is 0 Å². The molecule has 0 aliphatic carbocycles. The molecule has 0 saturated carbocycles. The maximum absolute atomic E-state index is 13.5. The average Bonchev–Trinajstić information content (AvgIpc) is 2.45. The predicted molar refractivity (Wildman–Crippen MR) is 84.3 cm³/mol. The van der Waals surface area contributed by atoms with Crippen molar-refractivity contribution >= 4 is 11.6 Å². The fraction of sp³-hybridized carbons (Fsp3) is 0. The molecule has 0 aliphatic rings. The van der Waals surface area contributed by atoms with E-state index >= 15 is 0 Å². The van der Waals surface area contributed by atoms with E-state index in [1.54, 1.807) is 24.3 Å². The van der Waals surface area contributed by atoms with Gasteiger partial charge in [-0.2, -0.15) is 0 Å². The summed E-state index contributed by atoms with van der Waals surface area (Å²) in [4.78, 5) is 0. The van der Waals surface area contributed by atoms with Gasteiger partial charge >= 0.3 is 0 Å². The molecule has 0 heterocycles. The molecule has 1 rings (SSSR count). The molecule has 0 saturated heterocycles. The Bertz CT molecular complexity index is 528. The van der Waals surface area contributed by atoms with Crippen molar-refractivity contribution in [2.24, 2.45) is 0 Å². The Labute approximate surface area is 124 Å². The van der Waals surface area contributed by atoms with Crippen LogP contribution in [0.5, 0.6) is 0 Å². The van der Waals surface area contributed by atoms with Gasteiger partial charge in [-0.25, -0.2) is 4.39 Å². The first-order chi connectivity index (χ1) is 9.80. The van der Waals surface area contributed by atoms with Crippen molar-refractivity contribution in [1.29, 1.82) is 0 Å². The molecule has 0 fully saturated rings. The summed E-state index contributed by atoms with van der Waals surface area (Å²) < 4.78 is 13.5. The summed E-state index contributed by atoms with van der Waals surface area (Å²) >= 11 is 5.80. The lowest BCUT2D eigenvalue weighted by Crippen LogP contribution is -1.66. The van der Waals surface area contributed by atoms with E-state index < -0.39 is 5.82 Å². The van der Waals surface area contributed by atoms with Crippen molar-refractivity contribution in [2.45, 2.75) is 0 Å².